The van der Waals surface area contributed by atoms with E-state index in [0.29, 0.717) is 0 Å². The lowest BCUT2D eigenvalue weighted by atomic mass is 9.98. The van der Waals surface area contributed by atoms with Gasteiger partial charge in [0.25, 0.3) is 0 Å². The first-order chi connectivity index (χ1) is 11.7. The molecule has 0 bridgehead atoms. The van der Waals surface area contributed by atoms with Crippen molar-refractivity contribution in [3.8, 4) is 0 Å². The minimum Gasteiger partial charge on any atom is -0.317 e. The summed E-state index contributed by atoms with van der Waals surface area (Å²) in [5, 5.41) is 2.59. The molecule has 1 heteroatoms. The van der Waals surface area contributed by atoms with E-state index >= 15 is 0 Å². The number of nitrogens with zero attached hydrogens (tertiary/aromatic N) is 1. The maximum absolute atomic E-state index is 3.98. The topological polar surface area (TPSA) is 4.93 Å². The van der Waals surface area contributed by atoms with E-state index in [9.17, 15) is 0 Å². The molecule has 0 saturated heterocycles. The molecule has 0 aliphatic heterocycles. The van der Waals surface area contributed by atoms with E-state index in [2.05, 4.69) is 85.7 Å². The molecule has 1 aromatic heterocycles. The van der Waals surface area contributed by atoms with E-state index in [0.717, 1.165) is 6.42 Å². The number of para-hydroxylation sites is 1. The van der Waals surface area contributed by atoms with Crippen LogP contribution < -0.4 is 0 Å². The van der Waals surface area contributed by atoms with Crippen molar-refractivity contribution >= 4 is 28.0 Å². The van der Waals surface area contributed by atoms with Crippen LogP contribution >= 0.6 is 0 Å². The first kappa shape index (κ1) is 14.8. The Morgan fingerprint density at radius 1 is 0.875 bits per heavy atom. The average Bonchev–Trinajstić information content (AvgIpc) is 2.90. The number of aromatic nitrogens is 1. The highest BCUT2D eigenvalue weighted by Gasteiger charge is 2.09. The summed E-state index contributed by atoms with van der Waals surface area (Å²) >= 11 is 0. The number of hydrogen-bond donors (Lipinski definition) is 0. The molecule has 118 valence electrons. The largest absolute Gasteiger partial charge is 0.317 e. The maximum atomic E-state index is 3.98. The minimum absolute atomic E-state index is 0.968. The van der Waals surface area contributed by atoms with Crippen LogP contribution in [0.4, 0.5) is 0 Å². The lowest BCUT2D eigenvalue weighted by molar-refractivity contribution is 1.15. The van der Waals surface area contributed by atoms with Gasteiger partial charge in [0.2, 0.25) is 0 Å². The van der Waals surface area contributed by atoms with Gasteiger partial charge in [0, 0.05) is 17.0 Å². The number of hydrogen-bond acceptors (Lipinski definition) is 0. The van der Waals surface area contributed by atoms with Gasteiger partial charge in [0.05, 0.1) is 11.0 Å². The molecule has 0 fully saturated rings. The standard InChI is InChI=1S/C23H21N/c1-4-24-22-8-6-5-7-20(22)21-15-18(10-12-23(21)24)14-19-11-9-16(2)13-17(19)3/h4-13,15H,1,14H2,2-3H3. The van der Waals surface area contributed by atoms with Crippen LogP contribution in [0, 0.1) is 13.8 Å². The van der Waals surface area contributed by atoms with Gasteiger partial charge in [-0.1, -0.05) is 54.6 Å². The molecule has 4 aromatic rings. The van der Waals surface area contributed by atoms with Gasteiger partial charge in [-0.05, 0) is 55.2 Å². The smallest absolute Gasteiger partial charge is 0.0534 e. The van der Waals surface area contributed by atoms with Gasteiger partial charge in [0.15, 0.2) is 0 Å². The Labute approximate surface area is 142 Å². The molecular weight excluding hydrogens is 290 g/mol. The Kier molecular flexibility index (Phi) is 3.50. The molecule has 0 N–H and O–H groups in total. The summed E-state index contributed by atoms with van der Waals surface area (Å²) in [5.41, 5.74) is 7.86. The predicted octanol–water partition coefficient (Wildman–Crippen LogP) is 6.10. The molecule has 3 aromatic carbocycles. The molecule has 24 heavy (non-hydrogen) atoms. The maximum Gasteiger partial charge on any atom is 0.0534 e. The second-order valence-corrected chi connectivity index (χ2v) is 6.53. The number of rotatable bonds is 3. The van der Waals surface area contributed by atoms with Crippen molar-refractivity contribution in [2.24, 2.45) is 0 Å². The van der Waals surface area contributed by atoms with Crippen LogP contribution in [-0.2, 0) is 6.42 Å². The number of fused-ring (bicyclic) bond motifs is 3. The van der Waals surface area contributed by atoms with Gasteiger partial charge < -0.3 is 4.57 Å². The summed E-state index contributed by atoms with van der Waals surface area (Å²) in [6, 6.07) is 22.0. The highest BCUT2D eigenvalue weighted by atomic mass is 14.9. The van der Waals surface area contributed by atoms with Gasteiger partial charge in [-0.15, -0.1) is 0 Å². The van der Waals surface area contributed by atoms with Gasteiger partial charge in [-0.2, -0.15) is 0 Å². The van der Waals surface area contributed by atoms with Gasteiger partial charge in [0.1, 0.15) is 0 Å². The minimum atomic E-state index is 0.968. The van der Waals surface area contributed by atoms with Crippen molar-refractivity contribution in [2.45, 2.75) is 20.3 Å². The highest BCUT2D eigenvalue weighted by Crippen LogP contribution is 2.30. The van der Waals surface area contributed by atoms with Gasteiger partial charge >= 0.3 is 0 Å². The third-order valence-corrected chi connectivity index (χ3v) is 4.85. The zero-order chi connectivity index (χ0) is 16.7. The molecule has 0 saturated carbocycles. The molecule has 1 heterocycles. The number of benzene rings is 3. The SMILES string of the molecule is C=Cn1c2ccccc2c2cc(Cc3ccc(C)cc3C)ccc21. The monoisotopic (exact) mass is 311 g/mol. The van der Waals surface area contributed by atoms with E-state index in [4.69, 9.17) is 0 Å². The third-order valence-electron chi connectivity index (χ3n) is 4.85. The van der Waals surface area contributed by atoms with Gasteiger partial charge in [-0.25, -0.2) is 0 Å². The quantitative estimate of drug-likeness (QED) is 0.430. The summed E-state index contributed by atoms with van der Waals surface area (Å²) in [7, 11) is 0. The second-order valence-electron chi connectivity index (χ2n) is 6.53. The molecule has 0 spiro atoms. The van der Waals surface area contributed by atoms with Crippen molar-refractivity contribution < 1.29 is 0 Å². The second kappa shape index (κ2) is 5.68. The molecule has 0 aliphatic rings. The van der Waals surface area contributed by atoms with Crippen molar-refractivity contribution in [3.05, 3.63) is 89.5 Å². The van der Waals surface area contributed by atoms with Crippen molar-refractivity contribution in [3.63, 3.8) is 0 Å². The fraction of sp³-hybridized carbons (Fsp3) is 0.130. The molecule has 4 rings (SSSR count). The molecule has 0 radical (unpaired) electrons. The molecule has 0 unspecified atom stereocenters. The summed E-state index contributed by atoms with van der Waals surface area (Å²) < 4.78 is 2.17. The Morgan fingerprint density at radius 3 is 2.46 bits per heavy atom. The zero-order valence-electron chi connectivity index (χ0n) is 14.2. The zero-order valence-corrected chi connectivity index (χ0v) is 14.2. The van der Waals surface area contributed by atoms with E-state index in [1.54, 1.807) is 0 Å². The molecule has 1 nitrogen and oxygen atoms in total. The average molecular weight is 311 g/mol. The Hall–Kier alpha value is -2.80. The Morgan fingerprint density at radius 2 is 1.67 bits per heavy atom. The van der Waals surface area contributed by atoms with Crippen LogP contribution in [-0.4, -0.2) is 4.57 Å². The number of aryl methyl sites for hydroxylation is 2. The first-order valence-electron chi connectivity index (χ1n) is 8.37. The summed E-state index contributed by atoms with van der Waals surface area (Å²) in [6.07, 6.45) is 2.87. The van der Waals surface area contributed by atoms with Crippen molar-refractivity contribution in [1.82, 2.24) is 4.57 Å². The molecular formula is C23H21N. The fourth-order valence-electron chi connectivity index (χ4n) is 3.62. The molecule has 0 amide bonds. The Balaban J connectivity index is 1.86. The summed E-state index contributed by atoms with van der Waals surface area (Å²) in [5.74, 6) is 0. The van der Waals surface area contributed by atoms with Gasteiger partial charge in [-0.3, -0.25) is 0 Å². The van der Waals surface area contributed by atoms with E-state index < -0.39 is 0 Å². The van der Waals surface area contributed by atoms with E-state index in [-0.39, 0.29) is 0 Å². The predicted molar refractivity (Wildman–Crippen MR) is 105 cm³/mol. The molecule has 0 atom stereocenters. The van der Waals surface area contributed by atoms with Crippen LogP contribution in [0.1, 0.15) is 22.3 Å². The molecule has 0 aliphatic carbocycles. The van der Waals surface area contributed by atoms with Crippen molar-refractivity contribution in [2.75, 3.05) is 0 Å². The van der Waals surface area contributed by atoms with Crippen LogP contribution in [0.25, 0.3) is 28.0 Å². The van der Waals surface area contributed by atoms with Crippen LogP contribution in [0.3, 0.4) is 0 Å². The van der Waals surface area contributed by atoms with E-state index in [1.165, 1.54) is 44.1 Å². The summed E-state index contributed by atoms with van der Waals surface area (Å²) in [4.78, 5) is 0. The van der Waals surface area contributed by atoms with Crippen LogP contribution in [0.5, 0.6) is 0 Å². The van der Waals surface area contributed by atoms with Crippen LogP contribution in [0.2, 0.25) is 0 Å². The normalized spacial score (nSPS) is 11.2. The lowest BCUT2D eigenvalue weighted by Gasteiger charge is -2.08. The van der Waals surface area contributed by atoms with Crippen LogP contribution in [0.15, 0.2) is 67.2 Å². The lowest BCUT2D eigenvalue weighted by Crippen LogP contribution is -1.93. The highest BCUT2D eigenvalue weighted by molar-refractivity contribution is 6.09. The Bertz CT molecular complexity index is 1070. The van der Waals surface area contributed by atoms with Crippen molar-refractivity contribution in [1.29, 1.82) is 0 Å². The first-order valence-corrected chi connectivity index (χ1v) is 8.37. The fourth-order valence-corrected chi connectivity index (χ4v) is 3.62. The van der Waals surface area contributed by atoms with E-state index in [1.807, 2.05) is 6.20 Å². The third kappa shape index (κ3) is 2.33. The summed E-state index contributed by atoms with van der Waals surface area (Å²) in [6.45, 7) is 8.32.